The van der Waals surface area contributed by atoms with Crippen LogP contribution in [0.2, 0.25) is 0 Å². The van der Waals surface area contributed by atoms with E-state index in [1.807, 2.05) is 0 Å². The van der Waals surface area contributed by atoms with Crippen LogP contribution in [0.5, 0.6) is 0 Å². The molecule has 1 aromatic heterocycles. The van der Waals surface area contributed by atoms with Gasteiger partial charge >= 0.3 is 0 Å². The Morgan fingerprint density at radius 3 is 2.92 bits per heavy atom. The second-order valence-corrected chi connectivity index (χ2v) is 4.12. The van der Waals surface area contributed by atoms with Crippen molar-refractivity contribution in [2.24, 2.45) is 0 Å². The van der Waals surface area contributed by atoms with Gasteiger partial charge in [0, 0.05) is 23.7 Å². The van der Waals surface area contributed by atoms with E-state index in [0.29, 0.717) is 0 Å². The van der Waals surface area contributed by atoms with E-state index in [-0.39, 0.29) is 0 Å². The Kier molecular flexibility index (Phi) is 1.57. The molecule has 0 bridgehead atoms. The van der Waals surface area contributed by atoms with Crippen molar-refractivity contribution >= 4 is 5.82 Å². The normalized spacial score (nSPS) is 21.8. The lowest BCUT2D eigenvalue weighted by molar-refractivity contribution is 0.684. The van der Waals surface area contributed by atoms with Gasteiger partial charge in [0.25, 0.3) is 0 Å². The van der Waals surface area contributed by atoms with Crippen molar-refractivity contribution < 1.29 is 0 Å². The predicted octanol–water partition coefficient (Wildman–Crippen LogP) is 2.04. The summed E-state index contributed by atoms with van der Waals surface area (Å²) in [4.78, 5) is 0. The number of fused-ring (bicyclic) bond motifs is 1. The largest absolute Gasteiger partial charge is 0.368 e. The lowest BCUT2D eigenvalue weighted by atomic mass is 9.99. The van der Waals surface area contributed by atoms with Crippen molar-refractivity contribution in [3.8, 4) is 0 Å². The maximum atomic E-state index is 4.31. The molecule has 0 aromatic carbocycles. The van der Waals surface area contributed by atoms with E-state index < -0.39 is 0 Å². The van der Waals surface area contributed by atoms with Crippen LogP contribution in [-0.2, 0) is 6.42 Å². The van der Waals surface area contributed by atoms with Gasteiger partial charge in [-0.05, 0) is 19.3 Å². The Balaban J connectivity index is 1.95. The van der Waals surface area contributed by atoms with Gasteiger partial charge in [-0.15, -0.1) is 0 Å². The zero-order valence-corrected chi connectivity index (χ0v) is 7.77. The zero-order chi connectivity index (χ0) is 8.67. The topological polar surface area (TPSA) is 40.7 Å². The van der Waals surface area contributed by atoms with E-state index in [9.17, 15) is 0 Å². The average molecular weight is 177 g/mol. The first-order chi connectivity index (χ1) is 6.45. The summed E-state index contributed by atoms with van der Waals surface area (Å²) in [6, 6.07) is 0. The van der Waals surface area contributed by atoms with Crippen LogP contribution in [0.15, 0.2) is 0 Å². The Labute approximate surface area is 77.9 Å². The van der Waals surface area contributed by atoms with E-state index in [1.54, 1.807) is 0 Å². The summed E-state index contributed by atoms with van der Waals surface area (Å²) in [5.74, 6) is 1.89. The van der Waals surface area contributed by atoms with E-state index in [0.717, 1.165) is 24.7 Å². The third-order valence-corrected chi connectivity index (χ3v) is 3.33. The highest BCUT2D eigenvalue weighted by Crippen LogP contribution is 2.37. The molecule has 3 rings (SSSR count). The van der Waals surface area contributed by atoms with Crippen LogP contribution in [0.3, 0.4) is 0 Å². The second-order valence-electron chi connectivity index (χ2n) is 4.12. The van der Waals surface area contributed by atoms with Gasteiger partial charge in [0.1, 0.15) is 0 Å². The molecule has 1 fully saturated rings. The molecule has 0 amide bonds. The van der Waals surface area contributed by atoms with Crippen LogP contribution in [0.25, 0.3) is 0 Å². The van der Waals surface area contributed by atoms with Gasteiger partial charge in [0.2, 0.25) is 0 Å². The van der Waals surface area contributed by atoms with Crippen molar-refractivity contribution in [3.05, 3.63) is 11.3 Å². The van der Waals surface area contributed by atoms with Gasteiger partial charge in [-0.25, -0.2) is 0 Å². The molecular weight excluding hydrogens is 162 g/mol. The maximum Gasteiger partial charge on any atom is 0.151 e. The Morgan fingerprint density at radius 1 is 1.23 bits per heavy atom. The number of nitrogens with zero attached hydrogens (tertiary/aromatic N) is 1. The molecule has 1 saturated carbocycles. The molecule has 0 saturated heterocycles. The second kappa shape index (κ2) is 2.76. The minimum absolute atomic E-state index is 0.774. The minimum Gasteiger partial charge on any atom is -0.368 e. The monoisotopic (exact) mass is 177 g/mol. The van der Waals surface area contributed by atoms with Crippen molar-refractivity contribution in [1.29, 1.82) is 0 Å². The van der Waals surface area contributed by atoms with Gasteiger partial charge in [-0.1, -0.05) is 12.8 Å². The highest BCUT2D eigenvalue weighted by Gasteiger charge is 2.25. The summed E-state index contributed by atoms with van der Waals surface area (Å²) in [6.07, 6.45) is 6.67. The van der Waals surface area contributed by atoms with Crippen LogP contribution < -0.4 is 5.32 Å². The molecular formula is C10H15N3. The smallest absolute Gasteiger partial charge is 0.151 e. The van der Waals surface area contributed by atoms with E-state index in [2.05, 4.69) is 15.5 Å². The molecule has 0 radical (unpaired) electrons. The summed E-state index contributed by atoms with van der Waals surface area (Å²) in [6.45, 7) is 1.08. The lowest BCUT2D eigenvalue weighted by Gasteiger charge is -2.06. The number of H-pyrrole nitrogens is 1. The molecule has 1 aliphatic heterocycles. The number of hydrogen-bond donors (Lipinski definition) is 2. The fourth-order valence-corrected chi connectivity index (χ4v) is 2.64. The van der Waals surface area contributed by atoms with Crippen molar-refractivity contribution in [2.75, 3.05) is 11.9 Å². The number of anilines is 1. The standard InChI is InChI=1S/C10H15N3/c1-2-4-7(3-1)9-8-5-6-11-10(8)13-12-9/h7H,1-6H2,(H2,11,12,13). The lowest BCUT2D eigenvalue weighted by Crippen LogP contribution is -1.99. The van der Waals surface area contributed by atoms with Gasteiger partial charge in [-0.3, -0.25) is 5.10 Å². The summed E-state index contributed by atoms with van der Waals surface area (Å²) in [7, 11) is 0. The molecule has 2 heterocycles. The van der Waals surface area contributed by atoms with Crippen molar-refractivity contribution in [3.63, 3.8) is 0 Å². The maximum absolute atomic E-state index is 4.31. The van der Waals surface area contributed by atoms with Crippen LogP contribution in [0.4, 0.5) is 5.82 Å². The predicted molar refractivity (Wildman–Crippen MR) is 52.0 cm³/mol. The number of rotatable bonds is 1. The molecule has 3 heteroatoms. The Bertz CT molecular complexity index is 310. The SMILES string of the molecule is C1CCC(c2[nH]nc3c2CCN3)C1. The number of nitrogens with one attached hydrogen (secondary N) is 2. The number of aromatic amines is 1. The summed E-state index contributed by atoms with van der Waals surface area (Å²) < 4.78 is 0. The Hall–Kier alpha value is -0.990. The highest BCUT2D eigenvalue weighted by molar-refractivity contribution is 5.52. The van der Waals surface area contributed by atoms with E-state index >= 15 is 0 Å². The molecule has 0 unspecified atom stereocenters. The molecule has 13 heavy (non-hydrogen) atoms. The average Bonchev–Trinajstić information content (AvgIpc) is 2.79. The molecule has 2 aliphatic rings. The summed E-state index contributed by atoms with van der Waals surface area (Å²) in [5.41, 5.74) is 2.89. The molecule has 1 aromatic rings. The molecule has 70 valence electrons. The van der Waals surface area contributed by atoms with Crippen molar-refractivity contribution in [1.82, 2.24) is 10.2 Å². The van der Waals surface area contributed by atoms with Crippen LogP contribution in [0.1, 0.15) is 42.9 Å². The van der Waals surface area contributed by atoms with E-state index in [4.69, 9.17) is 0 Å². The fourth-order valence-electron chi connectivity index (χ4n) is 2.64. The highest BCUT2D eigenvalue weighted by atomic mass is 15.2. The molecule has 3 nitrogen and oxygen atoms in total. The summed E-state index contributed by atoms with van der Waals surface area (Å²) >= 11 is 0. The quantitative estimate of drug-likeness (QED) is 0.689. The zero-order valence-electron chi connectivity index (χ0n) is 7.77. The summed E-state index contributed by atoms with van der Waals surface area (Å²) in [5, 5.41) is 10.8. The molecule has 0 atom stereocenters. The van der Waals surface area contributed by atoms with Crippen LogP contribution in [-0.4, -0.2) is 16.7 Å². The third kappa shape index (κ3) is 1.06. The van der Waals surface area contributed by atoms with Gasteiger partial charge in [-0.2, -0.15) is 5.10 Å². The molecule has 2 N–H and O–H groups in total. The first-order valence-electron chi connectivity index (χ1n) is 5.26. The number of aromatic nitrogens is 2. The van der Waals surface area contributed by atoms with Gasteiger partial charge in [0.15, 0.2) is 5.82 Å². The first-order valence-corrected chi connectivity index (χ1v) is 5.26. The van der Waals surface area contributed by atoms with Crippen LogP contribution >= 0.6 is 0 Å². The van der Waals surface area contributed by atoms with Gasteiger partial charge < -0.3 is 5.32 Å². The molecule has 1 aliphatic carbocycles. The third-order valence-electron chi connectivity index (χ3n) is 3.33. The van der Waals surface area contributed by atoms with Crippen LogP contribution in [0, 0.1) is 0 Å². The minimum atomic E-state index is 0.774. The number of hydrogen-bond acceptors (Lipinski definition) is 2. The Morgan fingerprint density at radius 2 is 2.08 bits per heavy atom. The van der Waals surface area contributed by atoms with Gasteiger partial charge in [0.05, 0.1) is 0 Å². The molecule has 0 spiro atoms. The van der Waals surface area contributed by atoms with E-state index in [1.165, 1.54) is 36.9 Å². The van der Waals surface area contributed by atoms with Crippen molar-refractivity contribution in [2.45, 2.75) is 38.0 Å². The first kappa shape index (κ1) is 7.42. The fraction of sp³-hybridized carbons (Fsp3) is 0.700.